The number of nitro groups is 1. The predicted molar refractivity (Wildman–Crippen MR) is 97.8 cm³/mol. The molecule has 0 radical (unpaired) electrons. The standard InChI is InChI=1S/C14H15N2O7PS.Na.H/c17-16(18)13-6-8-14(9-7-13)23-24(19,20)11-15-25(21,22)10-12-4-2-1-3-5-12;;/h1-9,15H,10-11H2,(H,19,20);;. The Balaban J connectivity index is 0.00000338. The number of nitrogens with one attached hydrogen (secondary N) is 1. The fourth-order valence-corrected chi connectivity index (χ4v) is 4.54. The van der Waals surface area contributed by atoms with Gasteiger partial charge >= 0.3 is 37.2 Å². The van der Waals surface area contributed by atoms with Gasteiger partial charge in [0.2, 0.25) is 10.0 Å². The van der Waals surface area contributed by atoms with E-state index in [1.807, 2.05) is 4.72 Å². The Kier molecular flexibility index (Phi) is 8.42. The van der Waals surface area contributed by atoms with E-state index in [1.54, 1.807) is 30.3 Å². The molecule has 0 saturated carbocycles. The number of nitrogens with zero attached hydrogens (tertiary/aromatic N) is 1. The Hall–Kier alpha value is -1.26. The number of nitro benzene ring substituents is 1. The molecular weight excluding hydrogens is 394 g/mol. The summed E-state index contributed by atoms with van der Waals surface area (Å²) in [5.41, 5.74) is 0.322. The third-order valence-electron chi connectivity index (χ3n) is 2.98. The van der Waals surface area contributed by atoms with Crippen molar-refractivity contribution in [3.63, 3.8) is 0 Å². The number of benzene rings is 2. The van der Waals surface area contributed by atoms with Crippen molar-refractivity contribution in [1.82, 2.24) is 4.72 Å². The molecule has 9 nitrogen and oxygen atoms in total. The molecule has 1 atom stereocenters. The van der Waals surface area contributed by atoms with Crippen LogP contribution in [-0.4, -0.2) is 54.1 Å². The maximum atomic E-state index is 12.0. The normalized spacial score (nSPS) is 13.3. The van der Waals surface area contributed by atoms with E-state index in [1.165, 1.54) is 0 Å². The van der Waals surface area contributed by atoms with Crippen LogP contribution in [-0.2, 0) is 20.3 Å². The Bertz CT molecular complexity index is 891. The van der Waals surface area contributed by atoms with Gasteiger partial charge in [0.25, 0.3) is 5.69 Å². The third-order valence-corrected chi connectivity index (χ3v) is 5.54. The summed E-state index contributed by atoms with van der Waals surface area (Å²) in [7, 11) is -8.14. The molecule has 0 bridgehead atoms. The van der Waals surface area contributed by atoms with Crippen LogP contribution in [0.15, 0.2) is 54.6 Å². The molecule has 2 N–H and O–H groups in total. The van der Waals surface area contributed by atoms with Crippen LogP contribution in [0.1, 0.15) is 5.56 Å². The van der Waals surface area contributed by atoms with Gasteiger partial charge in [-0.2, -0.15) is 0 Å². The first-order valence-corrected chi connectivity index (χ1v) is 10.4. The van der Waals surface area contributed by atoms with Gasteiger partial charge in [0.15, 0.2) is 0 Å². The predicted octanol–water partition coefficient (Wildman–Crippen LogP) is 1.59. The average Bonchev–Trinajstić information content (AvgIpc) is 2.54. The van der Waals surface area contributed by atoms with Crippen LogP contribution in [0.3, 0.4) is 0 Å². The van der Waals surface area contributed by atoms with Crippen LogP contribution in [0, 0.1) is 10.1 Å². The molecule has 12 heteroatoms. The summed E-state index contributed by atoms with van der Waals surface area (Å²) in [6.07, 6.45) is -0.820. The second kappa shape index (κ2) is 9.61. The van der Waals surface area contributed by atoms with Crippen molar-refractivity contribution >= 4 is 52.9 Å². The van der Waals surface area contributed by atoms with E-state index in [2.05, 4.69) is 0 Å². The molecule has 0 aliphatic heterocycles. The van der Waals surface area contributed by atoms with Gasteiger partial charge in [-0.3, -0.25) is 10.1 Å². The van der Waals surface area contributed by atoms with E-state index in [0.29, 0.717) is 5.56 Å². The molecule has 0 spiro atoms. The summed E-state index contributed by atoms with van der Waals surface area (Å²) in [6, 6.07) is 12.8. The Labute approximate surface area is 172 Å². The van der Waals surface area contributed by atoms with Gasteiger partial charge in [-0.15, -0.1) is 0 Å². The van der Waals surface area contributed by atoms with E-state index in [-0.39, 0.29) is 46.7 Å². The molecule has 0 aliphatic carbocycles. The molecule has 0 heterocycles. The maximum absolute atomic E-state index is 12.0. The summed E-state index contributed by atoms with van der Waals surface area (Å²) in [5.74, 6) is -0.426. The SMILES string of the molecule is O=[N+]([O-])c1ccc(OP(=O)(O)CNS(=O)(=O)Cc2ccccc2)cc1.[NaH]. The topological polar surface area (TPSA) is 136 Å². The van der Waals surface area contributed by atoms with Crippen molar-refractivity contribution in [2.75, 3.05) is 6.29 Å². The molecule has 2 aromatic carbocycles. The molecule has 26 heavy (non-hydrogen) atoms. The van der Waals surface area contributed by atoms with Crippen LogP contribution in [0.5, 0.6) is 5.75 Å². The summed E-state index contributed by atoms with van der Waals surface area (Å²) >= 11 is 0. The minimum absolute atomic E-state index is 0. The fourth-order valence-electron chi connectivity index (χ4n) is 1.85. The van der Waals surface area contributed by atoms with E-state index >= 15 is 0 Å². The van der Waals surface area contributed by atoms with Crippen molar-refractivity contribution in [2.45, 2.75) is 5.75 Å². The van der Waals surface area contributed by atoms with Crippen molar-refractivity contribution in [2.24, 2.45) is 0 Å². The molecule has 136 valence electrons. The summed E-state index contributed by atoms with van der Waals surface area (Å²) in [6.45, 7) is 0. The summed E-state index contributed by atoms with van der Waals surface area (Å²) in [4.78, 5) is 19.7. The second-order valence-corrected chi connectivity index (χ2v) is 8.61. The van der Waals surface area contributed by atoms with Gasteiger partial charge in [-0.05, 0) is 17.7 Å². The summed E-state index contributed by atoms with van der Waals surface area (Å²) in [5, 5.41) is 10.5. The number of non-ortho nitro benzene ring substituents is 1. The second-order valence-electron chi connectivity index (χ2n) is 5.03. The molecule has 0 fully saturated rings. The Morgan fingerprint density at radius 2 is 1.69 bits per heavy atom. The van der Waals surface area contributed by atoms with Crippen molar-refractivity contribution in [3.8, 4) is 5.75 Å². The molecule has 1 unspecified atom stereocenters. The average molecular weight is 410 g/mol. The van der Waals surface area contributed by atoms with E-state index in [4.69, 9.17) is 4.52 Å². The third kappa shape index (κ3) is 7.55. The van der Waals surface area contributed by atoms with Crippen LogP contribution >= 0.6 is 7.60 Å². The Morgan fingerprint density at radius 3 is 2.23 bits per heavy atom. The van der Waals surface area contributed by atoms with E-state index in [0.717, 1.165) is 24.3 Å². The van der Waals surface area contributed by atoms with Crippen LogP contribution < -0.4 is 9.25 Å². The monoisotopic (exact) mass is 410 g/mol. The molecular formula is C14H16N2NaO7PS. The first-order valence-electron chi connectivity index (χ1n) is 6.94. The molecule has 0 aromatic heterocycles. The molecule has 2 aromatic rings. The van der Waals surface area contributed by atoms with E-state index in [9.17, 15) is 28.0 Å². The summed E-state index contributed by atoms with van der Waals surface area (Å²) < 4.78 is 42.7. The van der Waals surface area contributed by atoms with Gasteiger partial charge in [0.05, 0.1) is 10.7 Å². The van der Waals surface area contributed by atoms with E-state index < -0.39 is 28.8 Å². The number of hydrogen-bond acceptors (Lipinski definition) is 6. The first-order chi connectivity index (χ1) is 11.7. The van der Waals surface area contributed by atoms with Gasteiger partial charge in [-0.25, -0.2) is 17.7 Å². The molecule has 0 aliphatic rings. The van der Waals surface area contributed by atoms with Gasteiger partial charge < -0.3 is 9.42 Å². The number of hydrogen-bond donors (Lipinski definition) is 2. The first kappa shape index (κ1) is 22.8. The van der Waals surface area contributed by atoms with Gasteiger partial charge in [-0.1, -0.05) is 30.3 Å². The van der Waals surface area contributed by atoms with Crippen molar-refractivity contribution in [3.05, 3.63) is 70.3 Å². The van der Waals surface area contributed by atoms with Gasteiger partial charge in [0, 0.05) is 12.1 Å². The molecule has 0 amide bonds. The zero-order valence-corrected chi connectivity index (χ0v) is 14.5. The van der Waals surface area contributed by atoms with Crippen LogP contribution in [0.25, 0.3) is 0 Å². The molecule has 0 saturated heterocycles. The Morgan fingerprint density at radius 1 is 1.12 bits per heavy atom. The van der Waals surface area contributed by atoms with Crippen LogP contribution in [0.4, 0.5) is 5.69 Å². The van der Waals surface area contributed by atoms with Crippen molar-refractivity contribution < 1.29 is 27.3 Å². The van der Waals surface area contributed by atoms with Crippen molar-refractivity contribution in [1.29, 1.82) is 0 Å². The zero-order chi connectivity index (χ0) is 18.5. The molecule has 2 rings (SSSR count). The number of sulfonamides is 1. The fraction of sp³-hybridized carbons (Fsp3) is 0.143. The minimum atomic E-state index is -4.31. The van der Waals surface area contributed by atoms with Crippen LogP contribution in [0.2, 0.25) is 0 Å². The quantitative estimate of drug-likeness (QED) is 0.292. The number of rotatable bonds is 8. The van der Waals surface area contributed by atoms with Gasteiger partial charge in [0.1, 0.15) is 12.0 Å². The zero-order valence-electron chi connectivity index (χ0n) is 12.8.